The van der Waals surface area contributed by atoms with Gasteiger partial charge in [-0.3, -0.25) is 4.79 Å². The summed E-state index contributed by atoms with van der Waals surface area (Å²) in [5, 5.41) is 11.9. The molecule has 2 atom stereocenters. The maximum Gasteiger partial charge on any atom is 0.220 e. The van der Waals surface area contributed by atoms with Crippen LogP contribution in [0.4, 0.5) is 4.39 Å². The number of aliphatic hydroxyl groups is 1. The fourth-order valence-electron chi connectivity index (χ4n) is 2.27. The molecule has 1 aliphatic rings. The molecule has 1 aromatic rings. The van der Waals surface area contributed by atoms with Gasteiger partial charge >= 0.3 is 0 Å². The smallest absolute Gasteiger partial charge is 0.220 e. The number of benzene rings is 1. The zero-order valence-electron chi connectivity index (χ0n) is 11.8. The van der Waals surface area contributed by atoms with Crippen molar-refractivity contribution in [2.45, 2.75) is 25.3 Å². The summed E-state index contributed by atoms with van der Waals surface area (Å²) in [6, 6.07) is 6.21. The molecule has 114 valence electrons. The van der Waals surface area contributed by atoms with E-state index in [1.54, 1.807) is 18.2 Å². The highest BCUT2D eigenvalue weighted by Gasteiger charge is 2.19. The van der Waals surface area contributed by atoms with Crippen LogP contribution in [0.15, 0.2) is 36.4 Å². The molecule has 0 spiro atoms. The molecule has 0 bridgehead atoms. The summed E-state index contributed by atoms with van der Waals surface area (Å²) in [6.45, 7) is 0.410. The van der Waals surface area contributed by atoms with Crippen molar-refractivity contribution in [1.82, 2.24) is 5.32 Å². The van der Waals surface area contributed by atoms with Gasteiger partial charge < -0.3 is 15.2 Å². The van der Waals surface area contributed by atoms with E-state index < -0.39 is 5.82 Å². The molecule has 21 heavy (non-hydrogen) atoms. The normalized spacial score (nSPS) is 20.5. The number of halogens is 1. The molecule has 0 aromatic heterocycles. The van der Waals surface area contributed by atoms with E-state index in [0.29, 0.717) is 19.4 Å². The average molecular weight is 293 g/mol. The molecule has 1 amide bonds. The molecule has 2 rings (SSSR count). The van der Waals surface area contributed by atoms with E-state index in [-0.39, 0.29) is 30.2 Å². The molecule has 0 saturated heterocycles. The highest BCUT2D eigenvalue weighted by molar-refractivity contribution is 5.76. The van der Waals surface area contributed by atoms with Gasteiger partial charge in [0.1, 0.15) is 0 Å². The Labute approximate surface area is 123 Å². The Morgan fingerprint density at radius 3 is 2.90 bits per heavy atom. The van der Waals surface area contributed by atoms with Crippen LogP contribution in [-0.2, 0) is 4.79 Å². The summed E-state index contributed by atoms with van der Waals surface area (Å²) in [4.78, 5) is 11.7. The van der Waals surface area contributed by atoms with Crippen molar-refractivity contribution in [3.63, 3.8) is 0 Å². The average Bonchev–Trinajstić information content (AvgIpc) is 2.93. The minimum absolute atomic E-state index is 0.00198. The van der Waals surface area contributed by atoms with Gasteiger partial charge in [-0.15, -0.1) is 0 Å². The van der Waals surface area contributed by atoms with Gasteiger partial charge in [-0.2, -0.15) is 0 Å². The van der Waals surface area contributed by atoms with Gasteiger partial charge in [0.25, 0.3) is 0 Å². The standard InChI is InChI=1S/C16H20FNO3/c17-14-4-1-2-5-15(14)21-9-3-6-16(20)18-13-8-7-12(10-13)11-19/h1-2,4-5,7-8,12-13,19H,3,6,9-11H2,(H,18,20)/t12-,13+/m0/s1. The first-order chi connectivity index (χ1) is 10.2. The van der Waals surface area contributed by atoms with Crippen molar-refractivity contribution in [2.24, 2.45) is 5.92 Å². The third kappa shape index (κ3) is 4.86. The van der Waals surface area contributed by atoms with E-state index in [9.17, 15) is 9.18 Å². The number of amides is 1. The number of hydrogen-bond acceptors (Lipinski definition) is 3. The molecule has 1 aromatic carbocycles. The van der Waals surface area contributed by atoms with Gasteiger partial charge in [0.2, 0.25) is 5.91 Å². The third-order valence-electron chi connectivity index (χ3n) is 3.40. The van der Waals surface area contributed by atoms with Crippen LogP contribution in [0.2, 0.25) is 0 Å². The summed E-state index contributed by atoms with van der Waals surface area (Å²) in [5.41, 5.74) is 0. The first kappa shape index (κ1) is 15.5. The van der Waals surface area contributed by atoms with Crippen molar-refractivity contribution < 1.29 is 19.0 Å². The van der Waals surface area contributed by atoms with Crippen LogP contribution in [0.3, 0.4) is 0 Å². The molecule has 0 fully saturated rings. The van der Waals surface area contributed by atoms with Gasteiger partial charge in [0, 0.05) is 25.0 Å². The molecule has 2 N–H and O–H groups in total. The molecule has 0 heterocycles. The van der Waals surface area contributed by atoms with Crippen molar-refractivity contribution >= 4 is 5.91 Å². The Kier molecular flexibility index (Phi) is 5.75. The van der Waals surface area contributed by atoms with E-state index in [2.05, 4.69) is 5.32 Å². The lowest BCUT2D eigenvalue weighted by molar-refractivity contribution is -0.121. The first-order valence-corrected chi connectivity index (χ1v) is 7.15. The SMILES string of the molecule is O=C(CCCOc1ccccc1F)N[C@@H]1C=C[C@H](CO)C1. The lowest BCUT2D eigenvalue weighted by Gasteiger charge is -2.13. The number of rotatable bonds is 7. The lowest BCUT2D eigenvalue weighted by Crippen LogP contribution is -2.32. The second-order valence-electron chi connectivity index (χ2n) is 5.12. The van der Waals surface area contributed by atoms with Gasteiger partial charge in [-0.05, 0) is 25.0 Å². The predicted octanol–water partition coefficient (Wildman–Crippen LogP) is 2.04. The highest BCUT2D eigenvalue weighted by atomic mass is 19.1. The molecule has 0 saturated carbocycles. The van der Waals surface area contributed by atoms with Gasteiger partial charge in [0.15, 0.2) is 11.6 Å². The summed E-state index contributed by atoms with van der Waals surface area (Å²) >= 11 is 0. The van der Waals surface area contributed by atoms with Crippen LogP contribution in [0.25, 0.3) is 0 Å². The molecule has 4 nitrogen and oxygen atoms in total. The number of aliphatic hydroxyl groups excluding tert-OH is 1. The van der Waals surface area contributed by atoms with Gasteiger partial charge in [-0.1, -0.05) is 24.3 Å². The Morgan fingerprint density at radius 2 is 2.19 bits per heavy atom. The van der Waals surface area contributed by atoms with Crippen molar-refractivity contribution in [3.05, 3.63) is 42.2 Å². The molecular weight excluding hydrogens is 273 g/mol. The topological polar surface area (TPSA) is 58.6 Å². The Bertz CT molecular complexity index is 504. The molecule has 0 radical (unpaired) electrons. The number of carbonyl (C=O) groups is 1. The predicted molar refractivity (Wildman–Crippen MR) is 77.4 cm³/mol. The van der Waals surface area contributed by atoms with Crippen LogP contribution < -0.4 is 10.1 Å². The third-order valence-corrected chi connectivity index (χ3v) is 3.40. The van der Waals surface area contributed by atoms with E-state index >= 15 is 0 Å². The monoisotopic (exact) mass is 293 g/mol. The van der Waals surface area contributed by atoms with Crippen LogP contribution >= 0.6 is 0 Å². The summed E-state index contributed by atoms with van der Waals surface area (Å²) in [5.74, 6) is -0.101. The summed E-state index contributed by atoms with van der Waals surface area (Å²) in [6.07, 6.45) is 5.44. The van der Waals surface area contributed by atoms with Gasteiger partial charge in [-0.25, -0.2) is 4.39 Å². The number of carbonyl (C=O) groups excluding carboxylic acids is 1. The number of para-hydroxylation sites is 1. The maximum atomic E-state index is 13.3. The first-order valence-electron chi connectivity index (χ1n) is 7.15. The van der Waals surface area contributed by atoms with Crippen LogP contribution in [0, 0.1) is 11.7 Å². The van der Waals surface area contributed by atoms with Crippen molar-refractivity contribution in [2.75, 3.05) is 13.2 Å². The second kappa shape index (κ2) is 7.78. The quantitative estimate of drug-likeness (QED) is 0.597. The molecule has 1 aliphatic carbocycles. The molecular formula is C16H20FNO3. The van der Waals surface area contributed by atoms with Crippen LogP contribution in [0.5, 0.6) is 5.75 Å². The van der Waals surface area contributed by atoms with Crippen LogP contribution in [0.1, 0.15) is 19.3 Å². The van der Waals surface area contributed by atoms with Crippen molar-refractivity contribution in [3.8, 4) is 5.75 Å². The van der Waals surface area contributed by atoms with Crippen LogP contribution in [-0.4, -0.2) is 30.3 Å². The Morgan fingerprint density at radius 1 is 1.38 bits per heavy atom. The zero-order valence-corrected chi connectivity index (χ0v) is 11.8. The lowest BCUT2D eigenvalue weighted by atomic mass is 10.1. The summed E-state index contributed by atoms with van der Waals surface area (Å²) in [7, 11) is 0. The number of nitrogens with one attached hydrogen (secondary N) is 1. The van der Waals surface area contributed by atoms with E-state index in [1.807, 2.05) is 12.2 Å². The Balaban J connectivity index is 1.62. The highest BCUT2D eigenvalue weighted by Crippen LogP contribution is 2.17. The molecule has 0 unspecified atom stereocenters. The van der Waals surface area contributed by atoms with E-state index in [4.69, 9.17) is 9.84 Å². The van der Waals surface area contributed by atoms with E-state index in [0.717, 1.165) is 6.42 Å². The summed E-state index contributed by atoms with van der Waals surface area (Å²) < 4.78 is 18.6. The molecule has 0 aliphatic heterocycles. The number of hydrogen-bond donors (Lipinski definition) is 2. The fourth-order valence-corrected chi connectivity index (χ4v) is 2.27. The minimum atomic E-state index is -0.395. The van der Waals surface area contributed by atoms with Crippen molar-refractivity contribution in [1.29, 1.82) is 0 Å². The minimum Gasteiger partial charge on any atom is -0.491 e. The molecule has 5 heteroatoms. The van der Waals surface area contributed by atoms with E-state index in [1.165, 1.54) is 6.07 Å². The zero-order chi connectivity index (χ0) is 15.1. The fraction of sp³-hybridized carbons (Fsp3) is 0.438. The largest absolute Gasteiger partial charge is 0.491 e. The number of ether oxygens (including phenoxy) is 1. The second-order valence-corrected chi connectivity index (χ2v) is 5.12. The maximum absolute atomic E-state index is 13.3. The van der Waals surface area contributed by atoms with Gasteiger partial charge in [0.05, 0.1) is 6.61 Å². The Hall–Kier alpha value is -1.88.